The SMILES string of the molecule is Cc1ccccc1OCC(=O)N1CC(F)CC1C(=O)NC(c1ccccc1)c1ccc(C(C)C)cc1. The van der Waals surface area contributed by atoms with Gasteiger partial charge in [0.05, 0.1) is 12.6 Å². The Balaban J connectivity index is 1.51. The number of likely N-dealkylation sites (tertiary alicyclic amines) is 1. The van der Waals surface area contributed by atoms with Crippen molar-refractivity contribution in [3.05, 3.63) is 101 Å². The van der Waals surface area contributed by atoms with Crippen LogP contribution >= 0.6 is 0 Å². The Hall–Kier alpha value is -3.67. The van der Waals surface area contributed by atoms with Gasteiger partial charge < -0.3 is 15.0 Å². The third-order valence-corrected chi connectivity index (χ3v) is 6.67. The number of nitrogens with zero attached hydrogens (tertiary/aromatic N) is 1. The number of benzene rings is 3. The van der Waals surface area contributed by atoms with Crippen molar-refractivity contribution in [2.45, 2.75) is 51.4 Å². The van der Waals surface area contributed by atoms with Gasteiger partial charge in [-0.25, -0.2) is 4.39 Å². The van der Waals surface area contributed by atoms with Crippen LogP contribution in [0.25, 0.3) is 0 Å². The molecule has 3 atom stereocenters. The molecule has 0 radical (unpaired) electrons. The zero-order valence-corrected chi connectivity index (χ0v) is 21.0. The maximum atomic E-state index is 14.5. The van der Waals surface area contributed by atoms with Gasteiger partial charge in [0, 0.05) is 6.42 Å². The Labute approximate surface area is 212 Å². The molecule has 188 valence electrons. The quantitative estimate of drug-likeness (QED) is 0.466. The van der Waals surface area contributed by atoms with Gasteiger partial charge in [0.15, 0.2) is 6.61 Å². The van der Waals surface area contributed by atoms with E-state index in [1.807, 2.05) is 67.6 Å². The first kappa shape index (κ1) is 25.4. The highest BCUT2D eigenvalue weighted by molar-refractivity contribution is 5.89. The molecule has 1 N–H and O–H groups in total. The molecule has 1 saturated heterocycles. The van der Waals surface area contributed by atoms with Crippen molar-refractivity contribution >= 4 is 11.8 Å². The van der Waals surface area contributed by atoms with Crippen LogP contribution in [0.3, 0.4) is 0 Å². The summed E-state index contributed by atoms with van der Waals surface area (Å²) in [5.74, 6) is 0.208. The number of carbonyl (C=O) groups excluding carboxylic acids is 2. The zero-order chi connectivity index (χ0) is 25.7. The summed E-state index contributed by atoms with van der Waals surface area (Å²) in [6.07, 6.45) is -1.29. The van der Waals surface area contributed by atoms with Crippen LogP contribution in [-0.4, -0.2) is 42.1 Å². The summed E-state index contributed by atoms with van der Waals surface area (Å²) in [5, 5.41) is 3.09. The molecule has 3 aromatic rings. The number of alkyl halides is 1. The van der Waals surface area contributed by atoms with Crippen molar-refractivity contribution in [2.75, 3.05) is 13.2 Å². The van der Waals surface area contributed by atoms with Crippen LogP contribution in [-0.2, 0) is 9.59 Å². The van der Waals surface area contributed by atoms with Crippen molar-refractivity contribution in [3.8, 4) is 5.75 Å². The number of aryl methyl sites for hydroxylation is 1. The number of ether oxygens (including phenoxy) is 1. The summed E-state index contributed by atoms with van der Waals surface area (Å²) >= 11 is 0. The number of hydrogen-bond donors (Lipinski definition) is 1. The first-order chi connectivity index (χ1) is 17.3. The van der Waals surface area contributed by atoms with E-state index >= 15 is 0 Å². The zero-order valence-electron chi connectivity index (χ0n) is 21.0. The average Bonchev–Trinajstić information content (AvgIpc) is 3.29. The second-order valence-electron chi connectivity index (χ2n) is 9.62. The van der Waals surface area contributed by atoms with Gasteiger partial charge >= 0.3 is 0 Å². The molecule has 1 aliphatic heterocycles. The fourth-order valence-corrected chi connectivity index (χ4v) is 4.57. The lowest BCUT2D eigenvalue weighted by Gasteiger charge is -2.27. The summed E-state index contributed by atoms with van der Waals surface area (Å²) in [6.45, 7) is 5.79. The number of amides is 2. The Morgan fingerprint density at radius 1 is 0.944 bits per heavy atom. The van der Waals surface area contributed by atoms with Crippen LogP contribution in [0.5, 0.6) is 5.75 Å². The number of carbonyl (C=O) groups is 2. The highest BCUT2D eigenvalue weighted by Gasteiger charge is 2.40. The molecule has 0 bridgehead atoms. The van der Waals surface area contributed by atoms with Gasteiger partial charge in [0.1, 0.15) is 18.0 Å². The lowest BCUT2D eigenvalue weighted by molar-refractivity contribution is -0.140. The van der Waals surface area contributed by atoms with E-state index in [2.05, 4.69) is 31.3 Å². The highest BCUT2D eigenvalue weighted by atomic mass is 19.1. The van der Waals surface area contributed by atoms with E-state index in [-0.39, 0.29) is 25.5 Å². The van der Waals surface area contributed by atoms with E-state index in [9.17, 15) is 14.0 Å². The summed E-state index contributed by atoms with van der Waals surface area (Å²) < 4.78 is 20.1. The largest absolute Gasteiger partial charge is 0.484 e. The maximum absolute atomic E-state index is 14.5. The van der Waals surface area contributed by atoms with E-state index in [1.54, 1.807) is 6.07 Å². The van der Waals surface area contributed by atoms with Crippen molar-refractivity contribution in [3.63, 3.8) is 0 Å². The third-order valence-electron chi connectivity index (χ3n) is 6.67. The third kappa shape index (κ3) is 5.93. The minimum absolute atomic E-state index is 0.0320. The minimum Gasteiger partial charge on any atom is -0.484 e. The monoisotopic (exact) mass is 488 g/mol. The van der Waals surface area contributed by atoms with Crippen LogP contribution in [0.1, 0.15) is 54.5 Å². The molecular formula is C30H33FN2O3. The Morgan fingerprint density at radius 3 is 2.22 bits per heavy atom. The number of nitrogens with one attached hydrogen (secondary N) is 1. The Bertz CT molecular complexity index is 1180. The van der Waals surface area contributed by atoms with Gasteiger partial charge in [0.25, 0.3) is 5.91 Å². The van der Waals surface area contributed by atoms with Gasteiger partial charge in [-0.1, -0.05) is 86.6 Å². The van der Waals surface area contributed by atoms with E-state index in [0.717, 1.165) is 16.7 Å². The van der Waals surface area contributed by atoms with Crippen molar-refractivity contribution in [1.29, 1.82) is 0 Å². The van der Waals surface area contributed by atoms with Crippen LogP contribution in [0.2, 0.25) is 0 Å². The molecule has 36 heavy (non-hydrogen) atoms. The molecule has 3 unspecified atom stereocenters. The van der Waals surface area contributed by atoms with Gasteiger partial charge in [-0.3, -0.25) is 9.59 Å². The summed E-state index contributed by atoms with van der Waals surface area (Å²) in [4.78, 5) is 27.7. The lowest BCUT2D eigenvalue weighted by Crippen LogP contribution is -2.48. The van der Waals surface area contributed by atoms with E-state index in [4.69, 9.17) is 4.74 Å². The second kappa shape index (κ2) is 11.4. The fourth-order valence-electron chi connectivity index (χ4n) is 4.57. The van der Waals surface area contributed by atoms with Gasteiger partial charge in [-0.15, -0.1) is 0 Å². The molecular weight excluding hydrogens is 455 g/mol. The number of hydrogen-bond acceptors (Lipinski definition) is 3. The van der Waals surface area contributed by atoms with E-state index in [0.29, 0.717) is 11.7 Å². The van der Waals surface area contributed by atoms with Crippen molar-refractivity contribution < 1.29 is 18.7 Å². The molecule has 5 nitrogen and oxygen atoms in total. The topological polar surface area (TPSA) is 58.6 Å². The summed E-state index contributed by atoms with van der Waals surface area (Å²) in [6, 6.07) is 23.9. The molecule has 1 heterocycles. The highest BCUT2D eigenvalue weighted by Crippen LogP contribution is 2.27. The predicted octanol–water partition coefficient (Wildman–Crippen LogP) is 5.34. The van der Waals surface area contributed by atoms with E-state index in [1.165, 1.54) is 10.5 Å². The normalized spacial score (nSPS) is 18.2. The van der Waals surface area contributed by atoms with Crippen LogP contribution in [0.4, 0.5) is 4.39 Å². The van der Waals surface area contributed by atoms with E-state index < -0.39 is 24.2 Å². The summed E-state index contributed by atoms with van der Waals surface area (Å²) in [5.41, 5.74) is 3.95. The minimum atomic E-state index is -1.26. The second-order valence-corrected chi connectivity index (χ2v) is 9.62. The number of halogens is 1. The number of rotatable bonds is 8. The fraction of sp³-hybridized carbons (Fsp3) is 0.333. The van der Waals surface area contributed by atoms with Crippen LogP contribution in [0.15, 0.2) is 78.9 Å². The maximum Gasteiger partial charge on any atom is 0.261 e. The van der Waals surface area contributed by atoms with Gasteiger partial charge in [-0.2, -0.15) is 0 Å². The Kier molecular flexibility index (Phi) is 8.04. The molecule has 0 spiro atoms. The molecule has 0 aliphatic carbocycles. The molecule has 0 aromatic heterocycles. The smallest absolute Gasteiger partial charge is 0.261 e. The van der Waals surface area contributed by atoms with Gasteiger partial charge in [0.2, 0.25) is 5.91 Å². The summed E-state index contributed by atoms with van der Waals surface area (Å²) in [7, 11) is 0. The standard InChI is InChI=1S/C30H33FN2O3/c1-20(2)22-13-15-24(16-14-22)29(23-10-5-4-6-11-23)32-30(35)26-17-25(31)18-33(26)28(34)19-36-27-12-8-7-9-21(27)3/h4-16,20,25-26,29H,17-19H2,1-3H3,(H,32,35). The molecule has 4 rings (SSSR count). The molecule has 3 aromatic carbocycles. The Morgan fingerprint density at radius 2 is 1.56 bits per heavy atom. The number of para-hydroxylation sites is 1. The molecule has 1 fully saturated rings. The van der Waals surface area contributed by atoms with Gasteiger partial charge in [-0.05, 0) is 41.2 Å². The van der Waals surface area contributed by atoms with Crippen LogP contribution < -0.4 is 10.1 Å². The molecule has 0 saturated carbocycles. The predicted molar refractivity (Wildman–Crippen MR) is 139 cm³/mol. The molecule has 1 aliphatic rings. The molecule has 2 amide bonds. The van der Waals surface area contributed by atoms with Crippen LogP contribution in [0, 0.1) is 6.92 Å². The molecule has 6 heteroatoms. The van der Waals surface area contributed by atoms with Crippen molar-refractivity contribution in [1.82, 2.24) is 10.2 Å². The lowest BCUT2D eigenvalue weighted by atomic mass is 9.95. The first-order valence-electron chi connectivity index (χ1n) is 12.4. The average molecular weight is 489 g/mol. The first-order valence-corrected chi connectivity index (χ1v) is 12.4. The van der Waals surface area contributed by atoms with Crippen molar-refractivity contribution in [2.24, 2.45) is 0 Å².